The van der Waals surface area contributed by atoms with Crippen LogP contribution in [0.4, 0.5) is 0 Å². The van der Waals surface area contributed by atoms with Gasteiger partial charge in [-0.1, -0.05) is 12.2 Å². The molecule has 2 nitrogen and oxygen atoms in total. The molecule has 0 unspecified atom stereocenters. The molecule has 0 aromatic heterocycles. The Morgan fingerprint density at radius 1 is 2.00 bits per heavy atom. The predicted octanol–water partition coefficient (Wildman–Crippen LogP) is 0.122. The van der Waals surface area contributed by atoms with Crippen molar-refractivity contribution in [2.45, 2.75) is 6.92 Å². The minimum Gasteiger partial charge on any atom is -0.352 e. The van der Waals surface area contributed by atoms with Crippen molar-refractivity contribution in [3.8, 4) is 0 Å². The molecular formula is C4H7NOS. The molecule has 1 amide bonds. The molecule has 7 heavy (non-hydrogen) atoms. The number of carbonyl (C=O) groups is 1. The summed E-state index contributed by atoms with van der Waals surface area (Å²) in [6.07, 6.45) is 0. The molecule has 3 heteroatoms. The van der Waals surface area contributed by atoms with Crippen molar-refractivity contribution in [1.82, 2.24) is 5.32 Å². The van der Waals surface area contributed by atoms with Crippen LogP contribution < -0.4 is 5.32 Å². The molecule has 0 aliphatic carbocycles. The van der Waals surface area contributed by atoms with Crippen LogP contribution in [-0.2, 0) is 4.79 Å². The van der Waals surface area contributed by atoms with Gasteiger partial charge in [0.1, 0.15) is 0 Å². The minimum absolute atomic E-state index is 0.183. The van der Waals surface area contributed by atoms with E-state index in [2.05, 4.69) is 17.5 Å². The van der Waals surface area contributed by atoms with Gasteiger partial charge in [0.15, 0.2) is 0 Å². The molecule has 0 aliphatic rings. The molecule has 0 spiro atoms. The van der Waals surface area contributed by atoms with E-state index in [-0.39, 0.29) is 5.91 Å². The second kappa shape index (κ2) is 3.74. The molecule has 0 aromatic rings. The molecule has 0 rings (SSSR count). The Morgan fingerprint density at radius 2 is 2.57 bits per heavy atom. The highest BCUT2D eigenvalue weighted by Gasteiger charge is 1.85. The Hall–Kier alpha value is -0.440. The number of nitrogens with one attached hydrogen (secondary N) is 1. The van der Waals surface area contributed by atoms with Crippen LogP contribution in [0.3, 0.4) is 0 Å². The fraction of sp³-hybridized carbons (Fsp3) is 0.500. The van der Waals surface area contributed by atoms with E-state index in [1.54, 1.807) is 0 Å². The smallest absolute Gasteiger partial charge is 0.254 e. The van der Waals surface area contributed by atoms with E-state index in [0.29, 0.717) is 6.54 Å². The lowest BCUT2D eigenvalue weighted by molar-refractivity contribution is -0.114. The molecule has 40 valence electrons. The molecule has 0 aliphatic heterocycles. The molecule has 0 radical (unpaired) electrons. The van der Waals surface area contributed by atoms with E-state index in [1.807, 2.05) is 6.92 Å². The van der Waals surface area contributed by atoms with Crippen LogP contribution in [0.1, 0.15) is 6.92 Å². The summed E-state index contributed by atoms with van der Waals surface area (Å²) in [7, 11) is 0. The van der Waals surface area contributed by atoms with E-state index in [9.17, 15) is 4.79 Å². The van der Waals surface area contributed by atoms with Gasteiger partial charge in [0, 0.05) is 6.54 Å². The molecule has 0 atom stereocenters. The Labute approximate surface area is 47.9 Å². The van der Waals surface area contributed by atoms with Crippen molar-refractivity contribution >= 4 is 23.5 Å². The third-order valence-electron chi connectivity index (χ3n) is 0.458. The highest BCUT2D eigenvalue weighted by atomic mass is 32.1. The average molecular weight is 117 g/mol. The van der Waals surface area contributed by atoms with E-state index >= 15 is 0 Å². The van der Waals surface area contributed by atoms with Crippen LogP contribution >= 0.6 is 12.2 Å². The molecule has 1 N–H and O–H groups in total. The topological polar surface area (TPSA) is 29.1 Å². The first-order chi connectivity index (χ1) is 3.31. The average Bonchev–Trinajstić information content (AvgIpc) is 1.68. The van der Waals surface area contributed by atoms with Crippen molar-refractivity contribution in [2.75, 3.05) is 6.54 Å². The van der Waals surface area contributed by atoms with Gasteiger partial charge in [-0.2, -0.15) is 0 Å². The summed E-state index contributed by atoms with van der Waals surface area (Å²) in [5.74, 6) is -0.183. The van der Waals surface area contributed by atoms with Crippen molar-refractivity contribution in [3.05, 3.63) is 0 Å². The van der Waals surface area contributed by atoms with Gasteiger partial charge in [0.2, 0.25) is 0 Å². The monoisotopic (exact) mass is 117 g/mol. The number of amides is 1. The number of rotatable bonds is 2. The van der Waals surface area contributed by atoms with Crippen LogP contribution in [0.25, 0.3) is 0 Å². The van der Waals surface area contributed by atoms with Crippen LogP contribution in [0.2, 0.25) is 0 Å². The maximum Gasteiger partial charge on any atom is 0.254 e. The Kier molecular flexibility index (Phi) is 3.50. The summed E-state index contributed by atoms with van der Waals surface area (Å²) >= 11 is 4.30. The summed E-state index contributed by atoms with van der Waals surface area (Å²) in [4.78, 5) is 10.1. The Morgan fingerprint density at radius 3 is 2.71 bits per heavy atom. The standard InChI is InChI=1S/C4H7NOS/c1-2-5-4(6)3-7/h3H,2H2,1H3,(H,5,6). The number of hydrogen-bond acceptors (Lipinski definition) is 2. The number of thiocarbonyl (C=S) groups is 1. The largest absolute Gasteiger partial charge is 0.352 e. The van der Waals surface area contributed by atoms with Crippen molar-refractivity contribution in [3.63, 3.8) is 0 Å². The van der Waals surface area contributed by atoms with Crippen LogP contribution in [-0.4, -0.2) is 17.8 Å². The van der Waals surface area contributed by atoms with Gasteiger partial charge < -0.3 is 5.32 Å². The van der Waals surface area contributed by atoms with Crippen LogP contribution in [0, 0.1) is 0 Å². The van der Waals surface area contributed by atoms with Gasteiger partial charge in [-0.25, -0.2) is 0 Å². The lowest BCUT2D eigenvalue weighted by atomic mass is 10.6. The second-order valence-corrected chi connectivity index (χ2v) is 1.25. The number of carbonyl (C=O) groups excluding carboxylic acids is 1. The van der Waals surface area contributed by atoms with Crippen molar-refractivity contribution < 1.29 is 4.79 Å². The fourth-order valence-corrected chi connectivity index (χ4v) is 0.299. The first-order valence-corrected chi connectivity index (χ1v) is 2.51. The van der Waals surface area contributed by atoms with Gasteiger partial charge in [0.05, 0.1) is 5.37 Å². The van der Waals surface area contributed by atoms with Gasteiger partial charge in [0.25, 0.3) is 5.91 Å². The normalized spacial score (nSPS) is 7.57. The predicted molar refractivity (Wildman–Crippen MR) is 32.3 cm³/mol. The van der Waals surface area contributed by atoms with Gasteiger partial charge in [-0.05, 0) is 6.92 Å². The molecule has 0 saturated carbocycles. The molecule has 0 bridgehead atoms. The zero-order valence-corrected chi connectivity index (χ0v) is 4.92. The van der Waals surface area contributed by atoms with Crippen LogP contribution in [0.5, 0.6) is 0 Å². The van der Waals surface area contributed by atoms with E-state index in [1.165, 1.54) is 0 Å². The Bertz CT molecular complexity index is 81.8. The first kappa shape index (κ1) is 6.56. The number of hydrogen-bond donors (Lipinski definition) is 1. The summed E-state index contributed by atoms with van der Waals surface area (Å²) in [6, 6.07) is 0. The zero-order valence-electron chi connectivity index (χ0n) is 4.10. The van der Waals surface area contributed by atoms with E-state index in [0.717, 1.165) is 5.37 Å². The lowest BCUT2D eigenvalue weighted by Gasteiger charge is -1.89. The van der Waals surface area contributed by atoms with Crippen LogP contribution in [0.15, 0.2) is 0 Å². The molecule has 0 heterocycles. The maximum atomic E-state index is 10.1. The van der Waals surface area contributed by atoms with Gasteiger partial charge in [-0.3, -0.25) is 4.79 Å². The summed E-state index contributed by atoms with van der Waals surface area (Å²) in [6.45, 7) is 2.49. The molecule has 0 aromatic carbocycles. The van der Waals surface area contributed by atoms with Gasteiger partial charge in [-0.15, -0.1) is 0 Å². The highest BCUT2D eigenvalue weighted by molar-refractivity contribution is 7.80. The summed E-state index contributed by atoms with van der Waals surface area (Å²) in [5, 5.41) is 3.58. The molecular weight excluding hydrogens is 110 g/mol. The van der Waals surface area contributed by atoms with E-state index in [4.69, 9.17) is 0 Å². The summed E-state index contributed by atoms with van der Waals surface area (Å²) < 4.78 is 0. The third kappa shape index (κ3) is 3.39. The quantitative estimate of drug-likeness (QED) is 0.520. The lowest BCUT2D eigenvalue weighted by Crippen LogP contribution is -2.22. The SMILES string of the molecule is CCNC(=O)C=S. The second-order valence-electron chi connectivity index (χ2n) is 1.01. The van der Waals surface area contributed by atoms with Gasteiger partial charge >= 0.3 is 0 Å². The summed E-state index contributed by atoms with van der Waals surface area (Å²) in [5.41, 5.74) is 0. The zero-order chi connectivity index (χ0) is 5.70. The first-order valence-electron chi connectivity index (χ1n) is 2.04. The third-order valence-corrected chi connectivity index (χ3v) is 0.672. The fourth-order valence-electron chi connectivity index (χ4n) is 0.216. The maximum absolute atomic E-state index is 10.1. The molecule has 0 fully saturated rings. The van der Waals surface area contributed by atoms with E-state index < -0.39 is 0 Å². The van der Waals surface area contributed by atoms with Crippen molar-refractivity contribution in [2.24, 2.45) is 0 Å². The minimum atomic E-state index is -0.183. The Balaban J connectivity index is 3.17. The molecule has 0 saturated heterocycles. The highest BCUT2D eigenvalue weighted by Crippen LogP contribution is 1.56. The van der Waals surface area contributed by atoms with Crippen molar-refractivity contribution in [1.29, 1.82) is 0 Å².